The first-order valence-electron chi connectivity index (χ1n) is 11.4. The highest BCUT2D eigenvalue weighted by Gasteiger charge is 2.13. The van der Waals surface area contributed by atoms with Gasteiger partial charge < -0.3 is 14.2 Å². The van der Waals surface area contributed by atoms with Crippen molar-refractivity contribution >= 4 is 17.4 Å². The zero-order chi connectivity index (χ0) is 26.2. The fraction of sp³-hybridized carbons (Fsp3) is 0.103. The fourth-order valence-corrected chi connectivity index (χ4v) is 3.32. The van der Waals surface area contributed by atoms with Crippen molar-refractivity contribution in [2.45, 2.75) is 13.5 Å². The molecule has 8 nitrogen and oxygen atoms in total. The molecule has 0 aromatic heterocycles. The van der Waals surface area contributed by atoms with Crippen LogP contribution in [0, 0.1) is 17.0 Å². The number of aryl methyl sites for hydroxylation is 1. The van der Waals surface area contributed by atoms with Gasteiger partial charge in [-0.3, -0.25) is 14.9 Å². The number of ketones is 1. The second-order valence-electron chi connectivity index (χ2n) is 8.18. The van der Waals surface area contributed by atoms with Gasteiger partial charge in [-0.1, -0.05) is 29.8 Å². The number of esters is 1. The summed E-state index contributed by atoms with van der Waals surface area (Å²) in [6.07, 6.45) is 0. The van der Waals surface area contributed by atoms with Gasteiger partial charge in [-0.2, -0.15) is 0 Å². The van der Waals surface area contributed by atoms with Crippen LogP contribution in [0.1, 0.15) is 31.8 Å². The van der Waals surface area contributed by atoms with Gasteiger partial charge in [-0.15, -0.1) is 0 Å². The van der Waals surface area contributed by atoms with Crippen LogP contribution in [0.4, 0.5) is 5.69 Å². The van der Waals surface area contributed by atoms with Crippen molar-refractivity contribution in [3.63, 3.8) is 0 Å². The van der Waals surface area contributed by atoms with E-state index in [1.165, 1.54) is 24.3 Å². The molecule has 4 aromatic rings. The monoisotopic (exact) mass is 497 g/mol. The van der Waals surface area contributed by atoms with Crippen LogP contribution < -0.4 is 9.47 Å². The van der Waals surface area contributed by atoms with Crippen LogP contribution in [0.2, 0.25) is 0 Å². The Hall–Kier alpha value is -4.98. The molecule has 0 bridgehead atoms. The molecule has 0 fully saturated rings. The minimum absolute atomic E-state index is 0.0362. The van der Waals surface area contributed by atoms with Gasteiger partial charge in [-0.05, 0) is 73.2 Å². The second kappa shape index (κ2) is 11.6. The van der Waals surface area contributed by atoms with Crippen molar-refractivity contribution in [1.82, 2.24) is 0 Å². The smallest absolute Gasteiger partial charge is 0.338 e. The van der Waals surface area contributed by atoms with E-state index in [2.05, 4.69) is 0 Å². The van der Waals surface area contributed by atoms with Crippen molar-refractivity contribution in [1.29, 1.82) is 0 Å². The van der Waals surface area contributed by atoms with Crippen molar-refractivity contribution in [3.8, 4) is 17.2 Å². The molecule has 0 aliphatic heterocycles. The van der Waals surface area contributed by atoms with Crippen LogP contribution in [0.3, 0.4) is 0 Å². The number of nitro groups is 1. The lowest BCUT2D eigenvalue weighted by molar-refractivity contribution is -0.384. The molecule has 0 radical (unpaired) electrons. The van der Waals surface area contributed by atoms with Gasteiger partial charge in [0.15, 0.2) is 12.4 Å². The van der Waals surface area contributed by atoms with Gasteiger partial charge >= 0.3 is 5.97 Å². The van der Waals surface area contributed by atoms with Gasteiger partial charge in [0.25, 0.3) is 5.69 Å². The van der Waals surface area contributed by atoms with Gasteiger partial charge in [0, 0.05) is 17.7 Å². The average Bonchev–Trinajstić information content (AvgIpc) is 2.92. The molecule has 0 saturated carbocycles. The van der Waals surface area contributed by atoms with E-state index in [9.17, 15) is 19.7 Å². The predicted molar refractivity (Wildman–Crippen MR) is 136 cm³/mol. The summed E-state index contributed by atoms with van der Waals surface area (Å²) in [5.74, 6) is 0.676. The third-order valence-corrected chi connectivity index (χ3v) is 5.41. The highest BCUT2D eigenvalue weighted by atomic mass is 16.6. The topological polar surface area (TPSA) is 105 Å². The molecule has 0 spiro atoms. The lowest BCUT2D eigenvalue weighted by Gasteiger charge is -2.08. The molecule has 0 amide bonds. The van der Waals surface area contributed by atoms with E-state index in [-0.39, 0.29) is 11.5 Å². The summed E-state index contributed by atoms with van der Waals surface area (Å²) in [5, 5.41) is 10.7. The Morgan fingerprint density at radius 2 is 1.27 bits per heavy atom. The summed E-state index contributed by atoms with van der Waals surface area (Å²) >= 11 is 0. The van der Waals surface area contributed by atoms with Crippen molar-refractivity contribution in [2.24, 2.45) is 0 Å². The molecular weight excluding hydrogens is 474 g/mol. The second-order valence-corrected chi connectivity index (χ2v) is 8.18. The maximum Gasteiger partial charge on any atom is 0.338 e. The van der Waals surface area contributed by atoms with E-state index in [0.29, 0.717) is 29.2 Å². The average molecular weight is 498 g/mol. The number of nitrogens with zero attached hydrogens (tertiary/aromatic N) is 1. The summed E-state index contributed by atoms with van der Waals surface area (Å²) in [4.78, 5) is 35.1. The number of benzene rings is 4. The van der Waals surface area contributed by atoms with E-state index in [1.54, 1.807) is 48.5 Å². The quantitative estimate of drug-likeness (QED) is 0.109. The Kier molecular flexibility index (Phi) is 7.90. The Bertz CT molecular complexity index is 1380. The molecule has 4 rings (SSSR count). The molecule has 0 aliphatic rings. The third-order valence-electron chi connectivity index (χ3n) is 5.41. The summed E-state index contributed by atoms with van der Waals surface area (Å²) in [5.41, 5.74) is 2.70. The number of hydrogen-bond acceptors (Lipinski definition) is 7. The maximum atomic E-state index is 12.4. The van der Waals surface area contributed by atoms with Crippen LogP contribution in [-0.4, -0.2) is 23.3 Å². The van der Waals surface area contributed by atoms with Crippen molar-refractivity contribution < 1.29 is 28.7 Å². The van der Waals surface area contributed by atoms with Crippen LogP contribution in [0.15, 0.2) is 97.1 Å². The molecule has 0 unspecified atom stereocenters. The van der Waals surface area contributed by atoms with Gasteiger partial charge in [0.05, 0.1) is 10.5 Å². The van der Waals surface area contributed by atoms with Crippen LogP contribution in [0.25, 0.3) is 0 Å². The Balaban J connectivity index is 1.25. The summed E-state index contributed by atoms with van der Waals surface area (Å²) < 4.78 is 16.5. The first-order valence-corrected chi connectivity index (χ1v) is 11.4. The minimum atomic E-state index is -0.600. The number of carbonyl (C=O) groups is 2. The molecule has 0 atom stereocenters. The molecule has 0 heterocycles. The molecule has 37 heavy (non-hydrogen) atoms. The molecule has 186 valence electrons. The SMILES string of the molecule is Cc1ccc(OCc2ccc(C(=O)OCC(=O)c3ccc(Oc4ccc([N+](=O)[O-])cc4)cc3)cc2)cc1. The maximum absolute atomic E-state index is 12.4. The first kappa shape index (κ1) is 25.1. The Morgan fingerprint density at radius 1 is 0.730 bits per heavy atom. The number of carbonyl (C=O) groups excluding carboxylic acids is 2. The molecule has 0 saturated heterocycles. The molecule has 8 heteroatoms. The lowest BCUT2D eigenvalue weighted by Crippen LogP contribution is -2.14. The van der Waals surface area contributed by atoms with E-state index >= 15 is 0 Å². The zero-order valence-corrected chi connectivity index (χ0v) is 20.0. The fourth-order valence-electron chi connectivity index (χ4n) is 3.32. The number of nitro benzene ring substituents is 1. The van der Waals surface area contributed by atoms with Gasteiger partial charge in [0.2, 0.25) is 0 Å². The van der Waals surface area contributed by atoms with E-state index in [0.717, 1.165) is 16.9 Å². The number of hydrogen-bond donors (Lipinski definition) is 0. The normalized spacial score (nSPS) is 10.4. The highest BCUT2D eigenvalue weighted by molar-refractivity contribution is 5.99. The largest absolute Gasteiger partial charge is 0.489 e. The predicted octanol–water partition coefficient (Wildman–Crippen LogP) is 6.31. The lowest BCUT2D eigenvalue weighted by atomic mass is 10.1. The van der Waals surface area contributed by atoms with Crippen LogP contribution in [-0.2, 0) is 11.3 Å². The third kappa shape index (κ3) is 7.02. The Labute approximate surface area is 213 Å². The van der Waals surface area contributed by atoms with Crippen molar-refractivity contribution in [3.05, 3.63) is 129 Å². The van der Waals surface area contributed by atoms with Gasteiger partial charge in [-0.25, -0.2) is 4.79 Å². The highest BCUT2D eigenvalue weighted by Crippen LogP contribution is 2.24. The summed E-state index contributed by atoms with van der Waals surface area (Å²) in [7, 11) is 0. The Morgan fingerprint density at radius 3 is 1.86 bits per heavy atom. The summed E-state index contributed by atoms with van der Waals surface area (Å²) in [6, 6.07) is 26.5. The molecule has 4 aromatic carbocycles. The first-order chi connectivity index (χ1) is 17.9. The molecule has 0 N–H and O–H groups in total. The zero-order valence-electron chi connectivity index (χ0n) is 20.0. The number of rotatable bonds is 10. The standard InChI is InChI=1S/C29H23NO7/c1-20-2-12-25(13-3-20)35-18-21-4-6-23(7-5-21)29(32)36-19-28(31)22-8-14-26(15-9-22)37-27-16-10-24(11-17-27)30(33)34/h2-17H,18-19H2,1H3. The number of non-ortho nitro benzene ring substituents is 1. The van der Waals surface area contributed by atoms with Crippen molar-refractivity contribution in [2.75, 3.05) is 6.61 Å². The number of Topliss-reactive ketones (excluding diaryl/α,β-unsaturated/α-hetero) is 1. The minimum Gasteiger partial charge on any atom is -0.489 e. The van der Waals surface area contributed by atoms with Crippen LogP contribution >= 0.6 is 0 Å². The van der Waals surface area contributed by atoms with E-state index in [1.807, 2.05) is 31.2 Å². The van der Waals surface area contributed by atoms with E-state index in [4.69, 9.17) is 14.2 Å². The van der Waals surface area contributed by atoms with Crippen LogP contribution in [0.5, 0.6) is 17.2 Å². The van der Waals surface area contributed by atoms with Gasteiger partial charge in [0.1, 0.15) is 23.9 Å². The summed E-state index contributed by atoms with van der Waals surface area (Å²) in [6.45, 7) is 1.97. The van der Waals surface area contributed by atoms with E-state index < -0.39 is 17.5 Å². The number of ether oxygens (including phenoxy) is 3. The molecular formula is C29H23NO7. The molecule has 0 aliphatic carbocycles.